The van der Waals surface area contributed by atoms with E-state index in [1.807, 2.05) is 0 Å². The van der Waals surface area contributed by atoms with Crippen molar-refractivity contribution in [1.82, 2.24) is 0 Å². The quantitative estimate of drug-likeness (QED) is 0.664. The molecule has 6 heteroatoms. The highest BCUT2D eigenvalue weighted by atomic mass is 32.2. The first-order valence-corrected chi connectivity index (χ1v) is 7.65. The third kappa shape index (κ3) is 5.17. The molecule has 0 radical (unpaired) electrons. The molecule has 0 spiro atoms. The molecule has 0 heterocycles. The summed E-state index contributed by atoms with van der Waals surface area (Å²) in [6.07, 6.45) is -0.183. The number of hydrogen-bond acceptors (Lipinski definition) is 6. The molecule has 2 aromatic rings. The first kappa shape index (κ1) is 15.5. The van der Waals surface area contributed by atoms with Gasteiger partial charge < -0.3 is 10.2 Å². The van der Waals surface area contributed by atoms with E-state index in [0.717, 1.165) is 23.5 Å². The van der Waals surface area contributed by atoms with Gasteiger partial charge in [-0.25, -0.2) is 0 Å². The first-order chi connectivity index (χ1) is 10.0. The predicted octanol–water partition coefficient (Wildman–Crippen LogP) is 3.43. The standard InChI is InChI=1S/C15H12O4S2/c16-10-1-5-12(6-2-10)20-14(18)9-15(19)21-13-7-3-11(17)4-8-13/h1-8,16-17H,9H2. The summed E-state index contributed by atoms with van der Waals surface area (Å²) in [6.45, 7) is 0. The zero-order valence-corrected chi connectivity index (χ0v) is 12.5. The minimum absolute atomic E-state index is 0.130. The highest BCUT2D eigenvalue weighted by molar-refractivity contribution is 8.15. The third-order valence-electron chi connectivity index (χ3n) is 2.43. The Labute approximate surface area is 130 Å². The summed E-state index contributed by atoms with van der Waals surface area (Å²) in [5.41, 5.74) is 0. The maximum atomic E-state index is 11.8. The van der Waals surface area contributed by atoms with Crippen molar-refractivity contribution in [2.75, 3.05) is 0 Å². The number of benzene rings is 2. The number of phenolic OH excluding ortho intramolecular Hbond substituents is 2. The van der Waals surface area contributed by atoms with Gasteiger partial charge in [0, 0.05) is 9.79 Å². The maximum Gasteiger partial charge on any atom is 0.201 e. The summed E-state index contributed by atoms with van der Waals surface area (Å²) in [6, 6.07) is 12.4. The summed E-state index contributed by atoms with van der Waals surface area (Å²) >= 11 is 1.94. The molecular weight excluding hydrogens is 308 g/mol. The monoisotopic (exact) mass is 320 g/mol. The van der Waals surface area contributed by atoms with Crippen LogP contribution in [0, 0.1) is 0 Å². The van der Waals surface area contributed by atoms with E-state index in [1.165, 1.54) is 24.3 Å². The fourth-order valence-corrected chi connectivity index (χ4v) is 3.05. The van der Waals surface area contributed by atoms with Gasteiger partial charge in [-0.1, -0.05) is 23.5 Å². The summed E-state index contributed by atoms with van der Waals surface area (Å²) in [5, 5.41) is 17.8. The van der Waals surface area contributed by atoms with Crippen LogP contribution in [0.3, 0.4) is 0 Å². The van der Waals surface area contributed by atoms with Crippen molar-refractivity contribution < 1.29 is 19.8 Å². The minimum atomic E-state index is -0.253. The van der Waals surface area contributed by atoms with Crippen molar-refractivity contribution in [2.24, 2.45) is 0 Å². The molecule has 0 atom stereocenters. The minimum Gasteiger partial charge on any atom is -0.508 e. The van der Waals surface area contributed by atoms with Gasteiger partial charge in [-0.2, -0.15) is 0 Å². The van der Waals surface area contributed by atoms with Gasteiger partial charge in [-0.3, -0.25) is 9.59 Å². The average molecular weight is 320 g/mol. The largest absolute Gasteiger partial charge is 0.508 e. The summed E-state index contributed by atoms with van der Waals surface area (Å²) in [4.78, 5) is 24.9. The van der Waals surface area contributed by atoms with Gasteiger partial charge in [-0.05, 0) is 48.5 Å². The Bertz CT molecular complexity index is 578. The van der Waals surface area contributed by atoms with Crippen LogP contribution in [0.2, 0.25) is 0 Å². The lowest BCUT2D eigenvalue weighted by atomic mass is 10.3. The average Bonchev–Trinajstić information content (AvgIpc) is 2.44. The number of phenols is 2. The second-order valence-electron chi connectivity index (χ2n) is 4.11. The van der Waals surface area contributed by atoms with E-state index in [-0.39, 0.29) is 28.2 Å². The first-order valence-electron chi connectivity index (χ1n) is 6.02. The molecule has 2 N–H and O–H groups in total. The molecule has 0 aliphatic heterocycles. The summed E-state index contributed by atoms with van der Waals surface area (Å²) in [7, 11) is 0. The van der Waals surface area contributed by atoms with Gasteiger partial charge in [0.25, 0.3) is 0 Å². The van der Waals surface area contributed by atoms with Crippen LogP contribution in [0.25, 0.3) is 0 Å². The molecule has 0 saturated heterocycles. The number of aromatic hydroxyl groups is 2. The molecule has 0 aromatic heterocycles. The lowest BCUT2D eigenvalue weighted by molar-refractivity contribution is -0.117. The second kappa shape index (κ2) is 7.19. The number of hydrogen-bond donors (Lipinski definition) is 2. The van der Waals surface area contributed by atoms with Crippen LogP contribution in [-0.2, 0) is 9.59 Å². The van der Waals surface area contributed by atoms with E-state index in [1.54, 1.807) is 24.3 Å². The molecule has 0 amide bonds. The van der Waals surface area contributed by atoms with E-state index in [9.17, 15) is 9.59 Å². The topological polar surface area (TPSA) is 74.6 Å². The molecule has 108 valence electrons. The zero-order valence-electron chi connectivity index (χ0n) is 10.9. The fourth-order valence-electron chi connectivity index (χ4n) is 1.48. The van der Waals surface area contributed by atoms with Crippen LogP contribution < -0.4 is 0 Å². The van der Waals surface area contributed by atoms with Gasteiger partial charge in [0.05, 0.1) is 6.42 Å². The number of carbonyl (C=O) groups excluding carboxylic acids is 2. The Morgan fingerprint density at radius 1 is 0.714 bits per heavy atom. The van der Waals surface area contributed by atoms with E-state index in [4.69, 9.17) is 10.2 Å². The number of thioether (sulfide) groups is 2. The highest BCUT2D eigenvalue weighted by Crippen LogP contribution is 2.26. The third-order valence-corrected chi connectivity index (χ3v) is 4.19. The Hall–Kier alpha value is -1.92. The van der Waals surface area contributed by atoms with Crippen molar-refractivity contribution >= 4 is 33.8 Å². The van der Waals surface area contributed by atoms with Crippen molar-refractivity contribution in [1.29, 1.82) is 0 Å². The SMILES string of the molecule is O=C(CC(=O)Sc1ccc(O)cc1)Sc1ccc(O)cc1. The molecule has 2 rings (SSSR count). The van der Waals surface area contributed by atoms with Gasteiger partial charge in [0.1, 0.15) is 11.5 Å². The Morgan fingerprint density at radius 2 is 1.05 bits per heavy atom. The van der Waals surface area contributed by atoms with E-state index in [0.29, 0.717) is 9.79 Å². The van der Waals surface area contributed by atoms with E-state index < -0.39 is 0 Å². The van der Waals surface area contributed by atoms with Gasteiger partial charge in [-0.15, -0.1) is 0 Å². The van der Waals surface area contributed by atoms with Crippen LogP contribution in [0.1, 0.15) is 6.42 Å². The molecule has 2 aromatic carbocycles. The van der Waals surface area contributed by atoms with Crippen LogP contribution in [0.15, 0.2) is 58.3 Å². The normalized spacial score (nSPS) is 10.3. The zero-order chi connectivity index (χ0) is 15.2. The van der Waals surface area contributed by atoms with Crippen LogP contribution in [-0.4, -0.2) is 20.4 Å². The second-order valence-corrected chi connectivity index (χ2v) is 6.37. The molecule has 21 heavy (non-hydrogen) atoms. The Kier molecular flexibility index (Phi) is 5.30. The molecule has 0 aliphatic carbocycles. The predicted molar refractivity (Wildman–Crippen MR) is 82.6 cm³/mol. The molecule has 4 nitrogen and oxygen atoms in total. The van der Waals surface area contributed by atoms with Crippen molar-refractivity contribution in [3.8, 4) is 11.5 Å². The van der Waals surface area contributed by atoms with Crippen LogP contribution >= 0.6 is 23.5 Å². The molecular formula is C15H12O4S2. The lowest BCUT2D eigenvalue weighted by Crippen LogP contribution is -2.00. The van der Waals surface area contributed by atoms with Crippen LogP contribution in [0.4, 0.5) is 0 Å². The molecule has 0 saturated carbocycles. The van der Waals surface area contributed by atoms with Crippen LogP contribution in [0.5, 0.6) is 11.5 Å². The van der Waals surface area contributed by atoms with Gasteiger partial charge >= 0.3 is 0 Å². The van der Waals surface area contributed by atoms with Gasteiger partial charge in [0.2, 0.25) is 10.2 Å². The van der Waals surface area contributed by atoms with Gasteiger partial charge in [0.15, 0.2) is 0 Å². The number of carbonyl (C=O) groups is 2. The maximum absolute atomic E-state index is 11.8. The fraction of sp³-hybridized carbons (Fsp3) is 0.0667. The summed E-state index contributed by atoms with van der Waals surface area (Å²) in [5.74, 6) is 0.261. The molecule has 0 fully saturated rings. The highest BCUT2D eigenvalue weighted by Gasteiger charge is 2.12. The Balaban J connectivity index is 1.85. The smallest absolute Gasteiger partial charge is 0.201 e. The van der Waals surface area contributed by atoms with Crippen molar-refractivity contribution in [2.45, 2.75) is 16.2 Å². The molecule has 0 aliphatic rings. The molecule has 0 unspecified atom stereocenters. The van der Waals surface area contributed by atoms with E-state index >= 15 is 0 Å². The van der Waals surface area contributed by atoms with Crippen molar-refractivity contribution in [3.63, 3.8) is 0 Å². The number of rotatable bonds is 4. The van der Waals surface area contributed by atoms with E-state index in [2.05, 4.69) is 0 Å². The summed E-state index contributed by atoms with van der Waals surface area (Å²) < 4.78 is 0. The van der Waals surface area contributed by atoms with Crippen molar-refractivity contribution in [3.05, 3.63) is 48.5 Å². The Morgan fingerprint density at radius 3 is 1.38 bits per heavy atom. The molecule has 0 bridgehead atoms. The lowest BCUT2D eigenvalue weighted by Gasteiger charge is -2.02.